The van der Waals surface area contributed by atoms with E-state index in [9.17, 15) is 4.39 Å². The van der Waals surface area contributed by atoms with Crippen molar-refractivity contribution in [1.29, 1.82) is 0 Å². The molecule has 1 unspecified atom stereocenters. The van der Waals surface area contributed by atoms with E-state index in [0.717, 1.165) is 17.9 Å². The number of rotatable bonds is 6. The summed E-state index contributed by atoms with van der Waals surface area (Å²) in [5, 5.41) is 3.41. The van der Waals surface area contributed by atoms with E-state index in [4.69, 9.17) is 4.74 Å². The van der Waals surface area contributed by atoms with Crippen molar-refractivity contribution in [1.82, 2.24) is 5.32 Å². The molecule has 0 amide bonds. The number of nitrogens with one attached hydrogen (secondary N) is 1. The number of halogens is 1. The molecule has 1 atom stereocenters. The Labute approximate surface area is 128 Å². The fourth-order valence-electron chi connectivity index (χ4n) is 3.61. The van der Waals surface area contributed by atoms with E-state index in [1.165, 1.54) is 39.2 Å². The van der Waals surface area contributed by atoms with Crippen LogP contribution in [0, 0.1) is 17.7 Å². The van der Waals surface area contributed by atoms with Gasteiger partial charge in [-0.3, -0.25) is 0 Å². The fourth-order valence-corrected chi connectivity index (χ4v) is 3.61. The van der Waals surface area contributed by atoms with Gasteiger partial charge in [0.15, 0.2) is 11.6 Å². The summed E-state index contributed by atoms with van der Waals surface area (Å²) in [6.45, 7) is 2.28. The highest BCUT2D eigenvalue weighted by molar-refractivity contribution is 5.31. The standard InChI is InChI=1S/C18H28FNO/c1-4-13-8-10-14(11-9-13)16(20-2)12-15-6-5-7-17(21-3)18(15)19/h5-7,13-14,16,20H,4,8-12H2,1-3H3. The van der Waals surface area contributed by atoms with Gasteiger partial charge < -0.3 is 10.1 Å². The molecule has 1 aliphatic carbocycles. The van der Waals surface area contributed by atoms with Crippen LogP contribution in [0.5, 0.6) is 5.75 Å². The fraction of sp³-hybridized carbons (Fsp3) is 0.667. The third-order valence-electron chi connectivity index (χ3n) is 5.11. The molecule has 1 saturated carbocycles. The van der Waals surface area contributed by atoms with E-state index in [-0.39, 0.29) is 5.82 Å². The maximum Gasteiger partial charge on any atom is 0.168 e. The Balaban J connectivity index is 2.03. The second kappa shape index (κ2) is 7.79. The Kier molecular flexibility index (Phi) is 6.04. The number of methoxy groups -OCH3 is 1. The van der Waals surface area contributed by atoms with Crippen LogP contribution in [0.15, 0.2) is 18.2 Å². The van der Waals surface area contributed by atoms with Gasteiger partial charge in [-0.05, 0) is 49.8 Å². The quantitative estimate of drug-likeness (QED) is 0.849. The third-order valence-corrected chi connectivity index (χ3v) is 5.11. The maximum atomic E-state index is 14.3. The monoisotopic (exact) mass is 293 g/mol. The van der Waals surface area contributed by atoms with Gasteiger partial charge in [0.05, 0.1) is 7.11 Å². The Morgan fingerprint density at radius 2 is 2.00 bits per heavy atom. The largest absolute Gasteiger partial charge is 0.494 e. The lowest BCUT2D eigenvalue weighted by molar-refractivity contribution is 0.221. The summed E-state index contributed by atoms with van der Waals surface area (Å²) >= 11 is 0. The lowest BCUT2D eigenvalue weighted by atomic mass is 9.76. The predicted octanol–water partition coefficient (Wildman–Crippen LogP) is 4.18. The van der Waals surface area contributed by atoms with Crippen LogP contribution in [0.2, 0.25) is 0 Å². The van der Waals surface area contributed by atoms with Crippen LogP contribution >= 0.6 is 0 Å². The number of hydrogen-bond acceptors (Lipinski definition) is 2. The van der Waals surface area contributed by atoms with Crippen LogP contribution in [-0.4, -0.2) is 20.2 Å². The molecule has 0 saturated heterocycles. The van der Waals surface area contributed by atoms with Crippen LogP contribution in [0.25, 0.3) is 0 Å². The molecule has 0 radical (unpaired) electrons. The van der Waals surface area contributed by atoms with Gasteiger partial charge in [-0.1, -0.05) is 38.3 Å². The second-order valence-corrected chi connectivity index (χ2v) is 6.22. The van der Waals surface area contributed by atoms with E-state index < -0.39 is 0 Å². The van der Waals surface area contributed by atoms with Gasteiger partial charge in [0.25, 0.3) is 0 Å². The highest BCUT2D eigenvalue weighted by Crippen LogP contribution is 2.34. The van der Waals surface area contributed by atoms with Crippen molar-refractivity contribution in [2.24, 2.45) is 11.8 Å². The zero-order chi connectivity index (χ0) is 15.2. The zero-order valence-electron chi connectivity index (χ0n) is 13.5. The second-order valence-electron chi connectivity index (χ2n) is 6.22. The van der Waals surface area contributed by atoms with E-state index >= 15 is 0 Å². The zero-order valence-corrected chi connectivity index (χ0v) is 13.5. The molecule has 21 heavy (non-hydrogen) atoms. The van der Waals surface area contributed by atoms with Crippen molar-refractivity contribution in [2.45, 2.75) is 51.5 Å². The molecular formula is C18H28FNO. The smallest absolute Gasteiger partial charge is 0.168 e. The van der Waals surface area contributed by atoms with Gasteiger partial charge in [0, 0.05) is 6.04 Å². The van der Waals surface area contributed by atoms with E-state index in [0.29, 0.717) is 17.7 Å². The first-order valence-corrected chi connectivity index (χ1v) is 8.18. The Morgan fingerprint density at radius 3 is 2.57 bits per heavy atom. The average Bonchev–Trinajstić information content (AvgIpc) is 2.54. The molecule has 0 aromatic heterocycles. The van der Waals surface area contributed by atoms with Crippen LogP contribution in [-0.2, 0) is 6.42 Å². The highest BCUT2D eigenvalue weighted by Gasteiger charge is 2.27. The van der Waals surface area contributed by atoms with Crippen molar-refractivity contribution in [3.63, 3.8) is 0 Å². The van der Waals surface area contributed by atoms with E-state index in [1.54, 1.807) is 6.07 Å². The van der Waals surface area contributed by atoms with Crippen molar-refractivity contribution in [3.05, 3.63) is 29.6 Å². The molecule has 2 rings (SSSR count). The molecule has 1 aromatic carbocycles. The molecule has 1 aliphatic rings. The molecule has 0 aliphatic heterocycles. The number of ether oxygens (including phenoxy) is 1. The number of likely N-dealkylation sites (N-methyl/N-ethyl adjacent to an activating group) is 1. The van der Waals surface area contributed by atoms with Crippen LogP contribution in [0.4, 0.5) is 4.39 Å². The van der Waals surface area contributed by atoms with Gasteiger partial charge in [0.1, 0.15) is 0 Å². The van der Waals surface area contributed by atoms with Crippen LogP contribution in [0.3, 0.4) is 0 Å². The van der Waals surface area contributed by atoms with Gasteiger partial charge >= 0.3 is 0 Å². The Bertz CT molecular complexity index is 441. The maximum absolute atomic E-state index is 14.3. The Hall–Kier alpha value is -1.09. The van der Waals surface area contributed by atoms with E-state index in [2.05, 4.69) is 12.2 Å². The SMILES string of the molecule is CCC1CCC(C(Cc2cccc(OC)c2F)NC)CC1. The van der Waals surface area contributed by atoms with Gasteiger partial charge in [-0.15, -0.1) is 0 Å². The highest BCUT2D eigenvalue weighted by atomic mass is 19.1. The van der Waals surface area contributed by atoms with Gasteiger partial charge in [-0.25, -0.2) is 4.39 Å². The molecule has 0 heterocycles. The molecule has 3 heteroatoms. The lowest BCUT2D eigenvalue weighted by Crippen LogP contribution is -2.37. The summed E-state index contributed by atoms with van der Waals surface area (Å²) in [6.07, 6.45) is 7.19. The molecular weight excluding hydrogens is 265 g/mol. The van der Waals surface area contributed by atoms with Gasteiger partial charge in [-0.2, -0.15) is 0 Å². The topological polar surface area (TPSA) is 21.3 Å². The molecule has 0 bridgehead atoms. The first kappa shape index (κ1) is 16.3. The van der Waals surface area contributed by atoms with Crippen molar-refractivity contribution in [2.75, 3.05) is 14.2 Å². The first-order valence-electron chi connectivity index (χ1n) is 8.18. The van der Waals surface area contributed by atoms with Crippen LogP contribution in [0.1, 0.15) is 44.6 Å². The number of benzene rings is 1. The van der Waals surface area contributed by atoms with Crippen molar-refractivity contribution < 1.29 is 9.13 Å². The minimum absolute atomic E-state index is 0.206. The molecule has 1 N–H and O–H groups in total. The summed E-state index contributed by atoms with van der Waals surface area (Å²) in [5.41, 5.74) is 0.756. The molecule has 0 spiro atoms. The molecule has 1 fully saturated rings. The first-order chi connectivity index (χ1) is 10.2. The minimum atomic E-state index is -0.206. The molecule has 1 aromatic rings. The van der Waals surface area contributed by atoms with Crippen molar-refractivity contribution >= 4 is 0 Å². The normalized spacial score (nSPS) is 23.8. The predicted molar refractivity (Wildman–Crippen MR) is 85.2 cm³/mol. The van der Waals surface area contributed by atoms with Crippen LogP contribution < -0.4 is 10.1 Å². The van der Waals surface area contributed by atoms with E-state index in [1.807, 2.05) is 19.2 Å². The van der Waals surface area contributed by atoms with Crippen molar-refractivity contribution in [3.8, 4) is 5.75 Å². The third kappa shape index (κ3) is 3.97. The average molecular weight is 293 g/mol. The summed E-state index contributed by atoms with van der Waals surface area (Å²) in [7, 11) is 3.51. The summed E-state index contributed by atoms with van der Waals surface area (Å²) in [6, 6.07) is 5.78. The molecule has 118 valence electrons. The minimum Gasteiger partial charge on any atom is -0.494 e. The summed E-state index contributed by atoms with van der Waals surface area (Å²) in [5.74, 6) is 1.69. The molecule has 2 nitrogen and oxygen atoms in total. The summed E-state index contributed by atoms with van der Waals surface area (Å²) in [4.78, 5) is 0. The number of hydrogen-bond donors (Lipinski definition) is 1. The summed E-state index contributed by atoms with van der Waals surface area (Å²) < 4.78 is 19.4. The Morgan fingerprint density at radius 1 is 1.29 bits per heavy atom. The lowest BCUT2D eigenvalue weighted by Gasteiger charge is -2.33. The van der Waals surface area contributed by atoms with Gasteiger partial charge in [0.2, 0.25) is 0 Å².